The van der Waals surface area contributed by atoms with E-state index < -0.39 is 0 Å². The summed E-state index contributed by atoms with van der Waals surface area (Å²) >= 11 is 19.5. The molecule has 2 aromatic rings. The summed E-state index contributed by atoms with van der Waals surface area (Å²) in [6.45, 7) is 2.84. The molecule has 2 aromatic heterocycles. The maximum absolute atomic E-state index is 11.6. The lowest BCUT2D eigenvalue weighted by Gasteiger charge is -2.33. The molecule has 4 aliphatic rings. The zero-order valence-corrected chi connectivity index (χ0v) is 22.7. The van der Waals surface area contributed by atoms with Crippen molar-refractivity contribution in [3.8, 4) is 0 Å². The minimum absolute atomic E-state index is 0. The van der Waals surface area contributed by atoms with Crippen molar-refractivity contribution in [2.75, 3.05) is 36.8 Å². The van der Waals surface area contributed by atoms with Crippen molar-refractivity contribution < 1.29 is 9.59 Å². The molecule has 35 heavy (non-hydrogen) atoms. The molecule has 4 N–H and O–H groups in total. The fraction of sp³-hybridized carbons (Fsp3) is 0.478. The van der Waals surface area contributed by atoms with Crippen molar-refractivity contribution in [2.45, 2.75) is 43.9 Å². The molecular formula is C23H26Br2Cl2N6O2. The number of carbonyl (C=O) groups is 2. The first-order chi connectivity index (χ1) is 16.2. The van der Waals surface area contributed by atoms with Gasteiger partial charge in [0, 0.05) is 73.4 Å². The van der Waals surface area contributed by atoms with Crippen LogP contribution in [0.1, 0.15) is 44.2 Å². The summed E-state index contributed by atoms with van der Waals surface area (Å²) in [6, 6.07) is 0. The van der Waals surface area contributed by atoms with E-state index in [-0.39, 0.29) is 30.1 Å². The minimum atomic E-state index is -0.189. The van der Waals surface area contributed by atoms with Crippen LogP contribution >= 0.6 is 55.1 Å². The second-order valence-electron chi connectivity index (χ2n) is 9.11. The van der Waals surface area contributed by atoms with Crippen LogP contribution in [0.2, 0.25) is 10.0 Å². The third-order valence-electron chi connectivity index (χ3n) is 7.07. The van der Waals surface area contributed by atoms with Crippen LogP contribution < -0.4 is 21.3 Å². The number of nitrogens with zero attached hydrogens (tertiary/aromatic N) is 2. The van der Waals surface area contributed by atoms with Crippen molar-refractivity contribution in [1.82, 2.24) is 20.6 Å². The highest BCUT2D eigenvalue weighted by Gasteiger charge is 2.46. The second kappa shape index (κ2) is 10.0. The lowest BCUT2D eigenvalue weighted by molar-refractivity contribution is -0.124. The first kappa shape index (κ1) is 26.4. The van der Waals surface area contributed by atoms with E-state index >= 15 is 0 Å². The molecule has 8 nitrogen and oxygen atoms in total. The molecule has 2 saturated heterocycles. The number of anilines is 2. The van der Waals surface area contributed by atoms with E-state index in [4.69, 9.17) is 23.2 Å². The molecule has 0 bridgehead atoms. The topological polar surface area (TPSA) is 108 Å². The number of hydrogen-bond acceptors (Lipinski definition) is 6. The molecule has 0 aliphatic carbocycles. The number of carbonyl (C=O) groups excluding carboxylic acids is 2. The van der Waals surface area contributed by atoms with Crippen LogP contribution in [-0.4, -0.2) is 48.0 Å². The Morgan fingerprint density at radius 2 is 1.31 bits per heavy atom. The highest BCUT2D eigenvalue weighted by atomic mass is 79.9. The molecule has 2 atom stereocenters. The fourth-order valence-corrected chi connectivity index (χ4v) is 6.55. The Labute approximate surface area is 231 Å². The summed E-state index contributed by atoms with van der Waals surface area (Å²) in [7, 11) is 0. The van der Waals surface area contributed by atoms with Crippen LogP contribution in [0.4, 0.5) is 11.6 Å². The molecule has 0 radical (unpaired) electrons. The van der Waals surface area contributed by atoms with Gasteiger partial charge in [-0.1, -0.05) is 30.6 Å². The van der Waals surface area contributed by atoms with Crippen LogP contribution in [0.3, 0.4) is 0 Å². The van der Waals surface area contributed by atoms with E-state index in [0.29, 0.717) is 36.0 Å². The molecule has 4 aliphatic heterocycles. The van der Waals surface area contributed by atoms with E-state index in [1.807, 2.05) is 0 Å². The van der Waals surface area contributed by atoms with Crippen LogP contribution in [0, 0.1) is 0 Å². The monoisotopic (exact) mass is 646 g/mol. The Balaban J connectivity index is 0.000000160. The molecule has 2 amide bonds. The number of pyridine rings is 2. The number of fused-ring (bicyclic) bond motifs is 4. The van der Waals surface area contributed by atoms with Gasteiger partial charge in [0.25, 0.3) is 0 Å². The first-order valence-electron chi connectivity index (χ1n) is 10.9. The Hall–Kier alpha value is -1.62. The Morgan fingerprint density at radius 3 is 1.86 bits per heavy atom. The van der Waals surface area contributed by atoms with Gasteiger partial charge in [-0.05, 0) is 44.7 Å². The van der Waals surface area contributed by atoms with Crippen LogP contribution in [-0.2, 0) is 20.4 Å². The van der Waals surface area contributed by atoms with Crippen LogP contribution in [0.5, 0.6) is 0 Å². The van der Waals surface area contributed by atoms with Crippen molar-refractivity contribution in [3.63, 3.8) is 0 Å². The highest BCUT2D eigenvalue weighted by molar-refractivity contribution is 9.10. The van der Waals surface area contributed by atoms with E-state index in [9.17, 15) is 9.59 Å². The molecule has 2 spiro atoms. The zero-order valence-electron chi connectivity index (χ0n) is 18.0. The fourth-order valence-electron chi connectivity index (χ4n) is 5.28. The number of rotatable bonds is 0. The predicted molar refractivity (Wildman–Crippen MR) is 145 cm³/mol. The SMILES string of the molecule is C.O=C1CC2(CCN1)CNc1ncc(Br)c(Cl)c12.O=C1CCC2(CN1)CNc1ncc(Br)c(Cl)c12. The first-order valence-corrected chi connectivity index (χ1v) is 13.3. The number of aromatic nitrogens is 2. The smallest absolute Gasteiger partial charge is 0.220 e. The molecular weight excluding hydrogens is 623 g/mol. The van der Waals surface area contributed by atoms with Gasteiger partial charge in [0.05, 0.1) is 19.0 Å². The van der Waals surface area contributed by atoms with E-state index in [1.54, 1.807) is 12.4 Å². The number of hydrogen-bond donors (Lipinski definition) is 4. The van der Waals surface area contributed by atoms with Gasteiger partial charge < -0.3 is 21.3 Å². The van der Waals surface area contributed by atoms with Gasteiger partial charge in [0.15, 0.2) is 0 Å². The van der Waals surface area contributed by atoms with Gasteiger partial charge >= 0.3 is 0 Å². The number of amides is 2. The third-order valence-corrected chi connectivity index (χ3v) is 9.52. The Bertz CT molecular complexity index is 1180. The molecule has 0 aromatic carbocycles. The average molecular weight is 649 g/mol. The highest BCUT2D eigenvalue weighted by Crippen LogP contribution is 2.48. The summed E-state index contributed by atoms with van der Waals surface area (Å²) < 4.78 is 1.59. The summed E-state index contributed by atoms with van der Waals surface area (Å²) in [5, 5.41) is 13.7. The number of piperidine rings is 2. The van der Waals surface area contributed by atoms with Crippen molar-refractivity contribution in [3.05, 3.63) is 42.5 Å². The maximum Gasteiger partial charge on any atom is 0.220 e. The molecule has 188 valence electrons. The Kier molecular flexibility index (Phi) is 7.58. The van der Waals surface area contributed by atoms with Gasteiger partial charge in [-0.25, -0.2) is 9.97 Å². The zero-order chi connectivity index (χ0) is 24.1. The van der Waals surface area contributed by atoms with Crippen LogP contribution in [0.25, 0.3) is 0 Å². The summed E-state index contributed by atoms with van der Waals surface area (Å²) in [4.78, 5) is 31.5. The maximum atomic E-state index is 11.6. The van der Waals surface area contributed by atoms with Gasteiger partial charge in [-0.15, -0.1) is 0 Å². The molecule has 6 rings (SSSR count). The van der Waals surface area contributed by atoms with E-state index in [2.05, 4.69) is 63.1 Å². The van der Waals surface area contributed by atoms with E-state index in [0.717, 1.165) is 57.6 Å². The number of nitrogens with one attached hydrogen (secondary N) is 4. The standard InChI is InChI=1S/2C11H11BrClN3O.CH4/c12-6-4-15-10-8(9(6)13)11(5-16-10)1-2-14-7(17)3-11;12-6-3-14-10-8(9(6)13)11(5-16-10)2-1-7(17)15-4-11;/h4H,1-3,5H2,(H,14,17)(H,15,16);3H,1-2,4-5H2,(H,14,16)(H,15,17);1H4. The Morgan fingerprint density at radius 1 is 0.771 bits per heavy atom. The largest absolute Gasteiger partial charge is 0.369 e. The van der Waals surface area contributed by atoms with Gasteiger partial charge in [0.1, 0.15) is 11.6 Å². The molecule has 2 fully saturated rings. The average Bonchev–Trinajstić information content (AvgIpc) is 3.35. The number of halogens is 4. The summed E-state index contributed by atoms with van der Waals surface area (Å²) in [6.07, 6.45) is 6.13. The normalized spacial score (nSPS) is 25.8. The van der Waals surface area contributed by atoms with Crippen molar-refractivity contribution in [1.29, 1.82) is 0 Å². The molecule has 2 unspecified atom stereocenters. The predicted octanol–water partition coefficient (Wildman–Crippen LogP) is 4.78. The van der Waals surface area contributed by atoms with Crippen molar-refractivity contribution >= 4 is 78.5 Å². The second-order valence-corrected chi connectivity index (χ2v) is 11.6. The van der Waals surface area contributed by atoms with E-state index in [1.165, 1.54) is 0 Å². The quantitative estimate of drug-likeness (QED) is 0.328. The molecule has 6 heterocycles. The van der Waals surface area contributed by atoms with Crippen molar-refractivity contribution in [2.24, 2.45) is 0 Å². The summed E-state index contributed by atoms with van der Waals surface area (Å²) in [5.74, 6) is 1.85. The molecule has 12 heteroatoms. The van der Waals surface area contributed by atoms with Crippen LogP contribution in [0.15, 0.2) is 21.3 Å². The lowest BCUT2D eigenvalue weighted by Crippen LogP contribution is -2.47. The van der Waals surface area contributed by atoms with Gasteiger partial charge in [0.2, 0.25) is 11.8 Å². The van der Waals surface area contributed by atoms with Gasteiger partial charge in [-0.3, -0.25) is 9.59 Å². The third kappa shape index (κ3) is 4.63. The minimum Gasteiger partial charge on any atom is -0.369 e. The lowest BCUT2D eigenvalue weighted by atomic mass is 9.75. The van der Waals surface area contributed by atoms with Gasteiger partial charge in [-0.2, -0.15) is 0 Å². The summed E-state index contributed by atoms with van der Waals surface area (Å²) in [5.41, 5.74) is 1.74. The molecule has 0 saturated carbocycles.